The van der Waals surface area contributed by atoms with Gasteiger partial charge in [0.2, 0.25) is 0 Å². The van der Waals surface area contributed by atoms with Gasteiger partial charge in [0, 0.05) is 0 Å². The molecule has 2 aliphatic rings. The van der Waals surface area contributed by atoms with E-state index in [2.05, 4.69) is 173 Å². The van der Waals surface area contributed by atoms with Crippen LogP contribution in [0, 0.1) is 27.7 Å². The first-order chi connectivity index (χ1) is 21.9. The number of hydrogen-bond donors (Lipinski definition) is 0. The molecule has 0 aliphatic heterocycles. The fourth-order valence-corrected chi connectivity index (χ4v) is 33.8. The molecule has 0 saturated heterocycles. The molecule has 231 valence electrons. The molecule has 0 N–H and O–H groups in total. The molecule has 2 unspecified atom stereocenters. The summed E-state index contributed by atoms with van der Waals surface area (Å²) in [5, 5.41) is 0. The van der Waals surface area contributed by atoms with Crippen molar-refractivity contribution in [2.45, 2.75) is 55.5 Å². The van der Waals surface area contributed by atoms with Gasteiger partial charge in [-0.25, -0.2) is 0 Å². The normalized spacial score (nSPS) is 18.2. The topological polar surface area (TPSA) is 0 Å². The Balaban J connectivity index is 1.45. The molecule has 0 spiro atoms. The minimum absolute atomic E-state index is 0.366. The molecule has 1 heteroatoms. The zero-order chi connectivity index (χ0) is 32.3. The molecule has 2 atom stereocenters. The van der Waals surface area contributed by atoms with Crippen molar-refractivity contribution in [1.29, 1.82) is 0 Å². The summed E-state index contributed by atoms with van der Waals surface area (Å²) in [7, 11) is 0. The second-order valence-electron chi connectivity index (χ2n) is 16.5. The molecule has 7 rings (SSSR count). The molecule has 0 aromatic heterocycles. The second-order valence-corrected chi connectivity index (χ2v) is 55.5. The first-order valence-corrected chi connectivity index (χ1v) is 34.0. The number of aryl methyl sites for hydroxylation is 4. The van der Waals surface area contributed by atoms with Gasteiger partial charge in [-0.15, -0.1) is 0 Å². The third-order valence-corrected chi connectivity index (χ3v) is 40.6. The summed E-state index contributed by atoms with van der Waals surface area (Å²) in [5.74, 6) is 0. The van der Waals surface area contributed by atoms with Gasteiger partial charge in [-0.1, -0.05) is 0 Å². The zero-order valence-electron chi connectivity index (χ0n) is 28.6. The molecule has 2 aliphatic carbocycles. The van der Waals surface area contributed by atoms with E-state index in [0.717, 1.165) is 6.42 Å². The molecule has 0 fully saturated rings. The van der Waals surface area contributed by atoms with Gasteiger partial charge in [-0.2, -0.15) is 0 Å². The third kappa shape index (κ3) is 5.12. The Hall–Kier alpha value is -3.68. The molecule has 46 heavy (non-hydrogen) atoms. The van der Waals surface area contributed by atoms with Crippen LogP contribution in [0.4, 0.5) is 0 Å². The predicted octanol–water partition coefficient (Wildman–Crippen LogP) is 12.5. The minimum atomic E-state index is -4.69. The average molecular weight is 766 g/mol. The molecular weight excluding hydrogens is 719 g/mol. The Bertz CT molecular complexity index is 2000. The van der Waals surface area contributed by atoms with E-state index in [4.69, 9.17) is 0 Å². The third-order valence-electron chi connectivity index (χ3n) is 11.5. The number of allylic oxidation sites excluding steroid dienone is 2. The van der Waals surface area contributed by atoms with Crippen LogP contribution < -0.4 is 0 Å². The fourth-order valence-electron chi connectivity index (χ4n) is 9.13. The van der Waals surface area contributed by atoms with Crippen LogP contribution in [0.1, 0.15) is 57.4 Å². The Kier molecular flexibility index (Phi) is 7.18. The number of fused-ring (bicyclic) bond motifs is 2. The first-order valence-electron chi connectivity index (χ1n) is 17.0. The van der Waals surface area contributed by atoms with Crippen molar-refractivity contribution in [2.24, 2.45) is 0 Å². The monoisotopic (exact) mass is 767 g/mol. The van der Waals surface area contributed by atoms with Gasteiger partial charge in [-0.3, -0.25) is 0 Å². The molecule has 0 heterocycles. The Morgan fingerprint density at radius 3 is 1.39 bits per heavy atom. The van der Waals surface area contributed by atoms with Crippen molar-refractivity contribution >= 4 is 15.9 Å². The number of rotatable bonds is 6. The van der Waals surface area contributed by atoms with E-state index < -0.39 is 16.5 Å². The molecule has 5 aromatic rings. The van der Waals surface area contributed by atoms with Crippen LogP contribution in [0.3, 0.4) is 0 Å². The summed E-state index contributed by atoms with van der Waals surface area (Å²) < 4.78 is 11.8. The van der Waals surface area contributed by atoms with E-state index in [1.54, 1.807) is 0 Å². The van der Waals surface area contributed by atoms with Gasteiger partial charge in [-0.05, 0) is 0 Å². The average Bonchev–Trinajstić information content (AvgIpc) is 3.67. The quantitative estimate of drug-likeness (QED) is 0.151. The van der Waals surface area contributed by atoms with Crippen LogP contribution in [0.25, 0.3) is 34.4 Å². The summed E-state index contributed by atoms with van der Waals surface area (Å²) in [6, 6.07) is 39.1. The second kappa shape index (κ2) is 10.7. The molecule has 0 radical (unpaired) electrons. The maximum absolute atomic E-state index is 4.69. The summed E-state index contributed by atoms with van der Waals surface area (Å²) in [6.07, 6.45) is 11.1. The van der Waals surface area contributed by atoms with Crippen LogP contribution >= 0.6 is 0 Å². The van der Waals surface area contributed by atoms with Crippen molar-refractivity contribution in [3.05, 3.63) is 165 Å². The summed E-state index contributed by atoms with van der Waals surface area (Å²) in [4.78, 5) is 0. The predicted molar refractivity (Wildman–Crippen MR) is 200 cm³/mol. The van der Waals surface area contributed by atoms with Crippen LogP contribution in [0.2, 0.25) is 14.0 Å². The van der Waals surface area contributed by atoms with Crippen molar-refractivity contribution in [3.63, 3.8) is 0 Å². The van der Waals surface area contributed by atoms with Gasteiger partial charge in [0.15, 0.2) is 0 Å². The number of hydrogen-bond acceptors (Lipinski definition) is 0. The maximum atomic E-state index is 2.87. The van der Waals surface area contributed by atoms with E-state index in [1.165, 1.54) is 72.3 Å². The van der Waals surface area contributed by atoms with Gasteiger partial charge < -0.3 is 0 Å². The van der Waals surface area contributed by atoms with Crippen LogP contribution in [0.5, 0.6) is 0 Å². The van der Waals surface area contributed by atoms with Crippen LogP contribution in [-0.2, 0) is 23.0 Å². The van der Waals surface area contributed by atoms with Crippen molar-refractivity contribution in [3.8, 4) is 22.3 Å². The van der Waals surface area contributed by atoms with Crippen LogP contribution in [-0.4, -0.2) is 3.76 Å². The van der Waals surface area contributed by atoms with Gasteiger partial charge in [0.1, 0.15) is 0 Å². The fraction of sp³-hybridized carbons (Fsp3) is 0.222. The standard InChI is InChI=1S/2C17H15.C8H8.3CH3.Hf/c2*1-12-9-13(2)11-15(10-12)17-8-4-6-14-5-3-7-16(14)17;1-2-8-6-4-3-5-7-8;;;;/h2*3-11H,1-2H3;1,3-7H,2H2;3*1H3;. The first kappa shape index (κ1) is 30.9. The van der Waals surface area contributed by atoms with Gasteiger partial charge in [0.25, 0.3) is 0 Å². The summed E-state index contributed by atoms with van der Waals surface area (Å²) >= 11 is -4.69. The SMILES string of the molecule is Cc1cc(C)cc(-c2cccc3c2C=C[CH]3[Hf]([CH3])([CH3])([CH3])(=[CH]Cc2ccccc2)[CH]2C=Cc3c(-c4cc(C)cc(C)c4)cccc32)c1. The molecule has 5 aromatic carbocycles. The molecule has 0 saturated carbocycles. The van der Waals surface area contributed by atoms with Crippen molar-refractivity contribution < 1.29 is 16.5 Å². The molecule has 0 amide bonds. The van der Waals surface area contributed by atoms with E-state index in [-0.39, 0.29) is 0 Å². The van der Waals surface area contributed by atoms with Crippen molar-refractivity contribution in [2.75, 3.05) is 0 Å². The van der Waals surface area contributed by atoms with E-state index in [9.17, 15) is 0 Å². The summed E-state index contributed by atoms with van der Waals surface area (Å²) in [6.45, 7) is 8.84. The van der Waals surface area contributed by atoms with E-state index in [0.29, 0.717) is 7.35 Å². The van der Waals surface area contributed by atoms with E-state index in [1.807, 2.05) is 0 Å². The van der Waals surface area contributed by atoms with E-state index >= 15 is 0 Å². The van der Waals surface area contributed by atoms with Gasteiger partial charge in [0.05, 0.1) is 0 Å². The molecule has 0 nitrogen and oxygen atoms in total. The summed E-state index contributed by atoms with van der Waals surface area (Å²) in [5.41, 5.74) is 17.8. The van der Waals surface area contributed by atoms with Gasteiger partial charge >= 0.3 is 276 Å². The molecular formula is C45H47Hf. The Morgan fingerprint density at radius 1 is 0.522 bits per heavy atom. The zero-order valence-corrected chi connectivity index (χ0v) is 32.2. The Morgan fingerprint density at radius 2 is 0.957 bits per heavy atom. The van der Waals surface area contributed by atoms with Crippen molar-refractivity contribution in [1.82, 2.24) is 0 Å². The Labute approximate surface area is 273 Å². The van der Waals surface area contributed by atoms with Crippen LogP contribution in [0.15, 0.2) is 115 Å². The number of benzene rings is 5. The molecule has 0 bridgehead atoms.